The van der Waals surface area contributed by atoms with Gasteiger partial charge in [-0.25, -0.2) is 9.97 Å². The standard InChI is InChI=1S/C21H34N4O/c1-15-23-20(17-12-19(26)13-17)14-21(24-15)22-9-6-16-7-10-25(11-8-16)18-4-2-3-5-18/h14,16-19,26H,2-13H2,1H3,(H,22,23,24). The molecule has 0 radical (unpaired) electrons. The number of nitrogens with zero attached hydrogens (tertiary/aromatic N) is 3. The van der Waals surface area contributed by atoms with Crippen molar-refractivity contribution in [3.05, 3.63) is 17.6 Å². The summed E-state index contributed by atoms with van der Waals surface area (Å²) in [5.74, 6) is 3.05. The lowest BCUT2D eigenvalue weighted by Gasteiger charge is -2.36. The molecule has 3 fully saturated rings. The summed E-state index contributed by atoms with van der Waals surface area (Å²) in [5.41, 5.74) is 1.09. The molecule has 2 aliphatic carbocycles. The Balaban J connectivity index is 1.21. The molecule has 5 heteroatoms. The van der Waals surface area contributed by atoms with Crippen LogP contribution in [0.25, 0.3) is 0 Å². The molecule has 0 aromatic carbocycles. The lowest BCUT2D eigenvalue weighted by molar-refractivity contribution is 0.0731. The molecule has 1 aliphatic heterocycles. The average Bonchev–Trinajstić information content (AvgIpc) is 3.14. The zero-order valence-electron chi connectivity index (χ0n) is 16.2. The predicted octanol–water partition coefficient (Wildman–Crippen LogP) is 3.48. The zero-order chi connectivity index (χ0) is 17.9. The highest BCUT2D eigenvalue weighted by molar-refractivity contribution is 5.37. The molecule has 0 spiro atoms. The largest absolute Gasteiger partial charge is 0.393 e. The Morgan fingerprint density at radius 2 is 1.85 bits per heavy atom. The Morgan fingerprint density at radius 3 is 2.54 bits per heavy atom. The van der Waals surface area contributed by atoms with E-state index in [9.17, 15) is 5.11 Å². The third kappa shape index (κ3) is 4.37. The van der Waals surface area contributed by atoms with Crippen molar-refractivity contribution in [1.82, 2.24) is 14.9 Å². The van der Waals surface area contributed by atoms with Crippen molar-refractivity contribution in [2.45, 2.75) is 82.8 Å². The minimum absolute atomic E-state index is 0.137. The fraction of sp³-hybridized carbons (Fsp3) is 0.810. The van der Waals surface area contributed by atoms with E-state index >= 15 is 0 Å². The van der Waals surface area contributed by atoms with Crippen LogP contribution >= 0.6 is 0 Å². The van der Waals surface area contributed by atoms with Gasteiger partial charge in [0.25, 0.3) is 0 Å². The SMILES string of the molecule is Cc1nc(NCCC2CCN(C3CCCC3)CC2)cc(C2CC(O)C2)n1. The maximum atomic E-state index is 9.53. The van der Waals surface area contributed by atoms with E-state index in [0.29, 0.717) is 5.92 Å². The molecule has 1 aromatic rings. The van der Waals surface area contributed by atoms with Crippen molar-refractivity contribution in [1.29, 1.82) is 0 Å². The van der Waals surface area contributed by atoms with Crippen molar-refractivity contribution < 1.29 is 5.11 Å². The van der Waals surface area contributed by atoms with Gasteiger partial charge in [0.15, 0.2) is 0 Å². The molecule has 2 N–H and O–H groups in total. The molecular formula is C21H34N4O. The van der Waals surface area contributed by atoms with E-state index in [4.69, 9.17) is 0 Å². The number of aryl methyl sites for hydroxylation is 1. The summed E-state index contributed by atoms with van der Waals surface area (Å²) < 4.78 is 0. The molecule has 5 nitrogen and oxygen atoms in total. The number of aliphatic hydroxyl groups excluding tert-OH is 1. The van der Waals surface area contributed by atoms with Gasteiger partial charge in [0.05, 0.1) is 6.10 Å². The van der Waals surface area contributed by atoms with Crippen LogP contribution in [0.1, 0.15) is 75.2 Å². The van der Waals surface area contributed by atoms with Crippen LogP contribution in [0.2, 0.25) is 0 Å². The van der Waals surface area contributed by atoms with Gasteiger partial charge in [-0.3, -0.25) is 0 Å². The highest BCUT2D eigenvalue weighted by Gasteiger charge is 2.30. The zero-order valence-corrected chi connectivity index (χ0v) is 16.2. The number of hydrogen-bond acceptors (Lipinski definition) is 5. The summed E-state index contributed by atoms with van der Waals surface area (Å²) in [7, 11) is 0. The predicted molar refractivity (Wildman–Crippen MR) is 104 cm³/mol. The lowest BCUT2D eigenvalue weighted by atomic mass is 9.80. The number of hydrogen-bond donors (Lipinski definition) is 2. The van der Waals surface area contributed by atoms with E-state index in [2.05, 4.69) is 26.3 Å². The van der Waals surface area contributed by atoms with Crippen LogP contribution < -0.4 is 5.32 Å². The van der Waals surface area contributed by atoms with Gasteiger partial charge < -0.3 is 15.3 Å². The molecule has 26 heavy (non-hydrogen) atoms. The number of anilines is 1. The van der Waals surface area contributed by atoms with Crippen LogP contribution in [0, 0.1) is 12.8 Å². The van der Waals surface area contributed by atoms with Crippen molar-refractivity contribution in [2.75, 3.05) is 25.0 Å². The van der Waals surface area contributed by atoms with Gasteiger partial charge in [0.2, 0.25) is 0 Å². The second-order valence-corrected chi connectivity index (χ2v) is 8.68. The van der Waals surface area contributed by atoms with E-state index in [1.54, 1.807) is 0 Å². The third-order valence-electron chi connectivity index (χ3n) is 6.74. The lowest BCUT2D eigenvalue weighted by Crippen LogP contribution is -2.40. The van der Waals surface area contributed by atoms with E-state index in [1.165, 1.54) is 58.0 Å². The van der Waals surface area contributed by atoms with Crippen LogP contribution in [0.3, 0.4) is 0 Å². The molecule has 2 saturated carbocycles. The van der Waals surface area contributed by atoms with E-state index < -0.39 is 0 Å². The summed E-state index contributed by atoms with van der Waals surface area (Å²) >= 11 is 0. The van der Waals surface area contributed by atoms with Gasteiger partial charge in [0.1, 0.15) is 11.6 Å². The minimum atomic E-state index is -0.137. The Kier molecular flexibility index (Phi) is 5.75. The second-order valence-electron chi connectivity index (χ2n) is 8.68. The summed E-state index contributed by atoms with van der Waals surface area (Å²) in [5, 5.41) is 13.1. The van der Waals surface area contributed by atoms with E-state index in [-0.39, 0.29) is 6.10 Å². The molecule has 0 amide bonds. The Bertz CT molecular complexity index is 588. The maximum Gasteiger partial charge on any atom is 0.129 e. The Morgan fingerprint density at radius 1 is 1.12 bits per heavy atom. The summed E-state index contributed by atoms with van der Waals surface area (Å²) in [6.07, 6.45) is 11.2. The summed E-state index contributed by atoms with van der Waals surface area (Å²) in [6.45, 7) is 5.56. The Hall–Kier alpha value is -1.20. The molecule has 0 bridgehead atoms. The highest BCUT2D eigenvalue weighted by atomic mass is 16.3. The molecule has 0 atom stereocenters. The van der Waals surface area contributed by atoms with Gasteiger partial charge in [-0.1, -0.05) is 12.8 Å². The second kappa shape index (κ2) is 8.22. The first-order valence-corrected chi connectivity index (χ1v) is 10.7. The maximum absolute atomic E-state index is 9.53. The van der Waals surface area contributed by atoms with Crippen LogP contribution in [0.5, 0.6) is 0 Å². The van der Waals surface area contributed by atoms with Crippen molar-refractivity contribution in [3.63, 3.8) is 0 Å². The fourth-order valence-electron chi connectivity index (χ4n) is 5.00. The molecule has 3 aliphatic rings. The number of likely N-dealkylation sites (tertiary alicyclic amines) is 1. The minimum Gasteiger partial charge on any atom is -0.393 e. The molecule has 0 unspecified atom stereocenters. The van der Waals surface area contributed by atoms with Crippen molar-refractivity contribution in [2.24, 2.45) is 5.92 Å². The highest BCUT2D eigenvalue weighted by Crippen LogP contribution is 2.36. The van der Waals surface area contributed by atoms with Crippen LogP contribution in [0.15, 0.2) is 6.07 Å². The molecule has 1 aromatic heterocycles. The van der Waals surface area contributed by atoms with Crippen molar-refractivity contribution >= 4 is 5.82 Å². The molecule has 144 valence electrons. The molecule has 4 rings (SSSR count). The molecule has 2 heterocycles. The number of nitrogens with one attached hydrogen (secondary N) is 1. The molecular weight excluding hydrogens is 324 g/mol. The summed E-state index contributed by atoms with van der Waals surface area (Å²) in [4.78, 5) is 11.9. The van der Waals surface area contributed by atoms with Crippen molar-refractivity contribution in [3.8, 4) is 0 Å². The van der Waals surface area contributed by atoms with Gasteiger partial charge in [-0.2, -0.15) is 0 Å². The van der Waals surface area contributed by atoms with E-state index in [0.717, 1.165) is 48.7 Å². The van der Waals surface area contributed by atoms with Gasteiger partial charge in [-0.05, 0) is 70.9 Å². The fourth-order valence-corrected chi connectivity index (χ4v) is 5.00. The smallest absolute Gasteiger partial charge is 0.129 e. The monoisotopic (exact) mass is 358 g/mol. The quantitative estimate of drug-likeness (QED) is 0.815. The number of aliphatic hydroxyl groups is 1. The normalized spacial score (nSPS) is 28.2. The van der Waals surface area contributed by atoms with Crippen LogP contribution in [-0.2, 0) is 0 Å². The first-order valence-electron chi connectivity index (χ1n) is 10.7. The average molecular weight is 359 g/mol. The van der Waals surface area contributed by atoms with Gasteiger partial charge >= 0.3 is 0 Å². The number of rotatable bonds is 6. The van der Waals surface area contributed by atoms with Crippen LogP contribution in [0.4, 0.5) is 5.82 Å². The first kappa shape index (κ1) is 18.2. The van der Waals surface area contributed by atoms with Gasteiger partial charge in [-0.15, -0.1) is 0 Å². The van der Waals surface area contributed by atoms with E-state index in [1.807, 2.05) is 6.92 Å². The Labute approximate surface area is 157 Å². The number of aromatic nitrogens is 2. The first-order chi connectivity index (χ1) is 12.7. The number of piperidine rings is 1. The van der Waals surface area contributed by atoms with Crippen LogP contribution in [-0.4, -0.2) is 51.8 Å². The van der Waals surface area contributed by atoms with Gasteiger partial charge in [0, 0.05) is 30.3 Å². The topological polar surface area (TPSA) is 61.3 Å². The third-order valence-corrected chi connectivity index (χ3v) is 6.74. The molecule has 1 saturated heterocycles. The summed E-state index contributed by atoms with van der Waals surface area (Å²) in [6, 6.07) is 2.98.